The second-order valence-electron chi connectivity index (χ2n) is 7.25. The minimum atomic E-state index is -3.74. The average molecular weight is 402 g/mol. The van der Waals surface area contributed by atoms with E-state index < -0.39 is 15.8 Å². The largest absolute Gasteiger partial charge is 0.448 e. The van der Waals surface area contributed by atoms with Crippen LogP contribution in [0.3, 0.4) is 0 Å². The zero-order valence-corrected chi connectivity index (χ0v) is 16.1. The second kappa shape index (κ2) is 7.10. The Kier molecular flexibility index (Phi) is 4.76. The standard InChI is InChI=1S/C20H22N2O5S/c21-28(24,25)16-7-4-14(5-8-16)12-19(23)22-15-6-9-17-18(13-15)27-20(26-17)10-2-1-3-11-20/h4-9,13H,1-3,10-12H2,(H,22,23)(H2,21,24,25). The van der Waals surface area contributed by atoms with Gasteiger partial charge in [-0.25, -0.2) is 13.6 Å². The highest BCUT2D eigenvalue weighted by molar-refractivity contribution is 7.89. The van der Waals surface area contributed by atoms with Gasteiger partial charge >= 0.3 is 0 Å². The lowest BCUT2D eigenvalue weighted by Gasteiger charge is -2.31. The van der Waals surface area contributed by atoms with Crippen molar-refractivity contribution in [2.45, 2.75) is 49.2 Å². The number of fused-ring (bicyclic) bond motifs is 1. The summed E-state index contributed by atoms with van der Waals surface area (Å²) >= 11 is 0. The molecule has 1 aliphatic carbocycles. The molecule has 8 heteroatoms. The van der Waals surface area contributed by atoms with Crippen LogP contribution in [0.25, 0.3) is 0 Å². The Hall–Kier alpha value is -2.58. The van der Waals surface area contributed by atoms with Crippen molar-refractivity contribution < 1.29 is 22.7 Å². The number of carbonyl (C=O) groups excluding carboxylic acids is 1. The van der Waals surface area contributed by atoms with E-state index in [0.29, 0.717) is 22.7 Å². The Labute approximate surface area is 163 Å². The highest BCUT2D eigenvalue weighted by Gasteiger charge is 2.42. The molecule has 7 nitrogen and oxygen atoms in total. The van der Waals surface area contributed by atoms with Crippen LogP contribution in [0.15, 0.2) is 47.4 Å². The van der Waals surface area contributed by atoms with E-state index in [2.05, 4.69) is 5.32 Å². The first kappa shape index (κ1) is 18.8. The molecule has 1 fully saturated rings. The van der Waals surface area contributed by atoms with Crippen molar-refractivity contribution in [1.29, 1.82) is 0 Å². The fraction of sp³-hybridized carbons (Fsp3) is 0.350. The first-order valence-electron chi connectivity index (χ1n) is 9.27. The quantitative estimate of drug-likeness (QED) is 0.817. The summed E-state index contributed by atoms with van der Waals surface area (Å²) in [6, 6.07) is 11.3. The van der Waals surface area contributed by atoms with Crippen LogP contribution in [-0.4, -0.2) is 20.1 Å². The van der Waals surface area contributed by atoms with Gasteiger partial charge < -0.3 is 14.8 Å². The van der Waals surface area contributed by atoms with Gasteiger partial charge in [0.1, 0.15) is 0 Å². The van der Waals surface area contributed by atoms with E-state index in [1.807, 2.05) is 6.07 Å². The van der Waals surface area contributed by atoms with Gasteiger partial charge in [0.15, 0.2) is 11.5 Å². The van der Waals surface area contributed by atoms with E-state index in [1.165, 1.54) is 18.6 Å². The number of rotatable bonds is 4. The molecule has 1 heterocycles. The van der Waals surface area contributed by atoms with Crippen LogP contribution in [0.2, 0.25) is 0 Å². The second-order valence-corrected chi connectivity index (χ2v) is 8.81. The number of nitrogens with one attached hydrogen (secondary N) is 1. The van der Waals surface area contributed by atoms with Gasteiger partial charge in [-0.15, -0.1) is 0 Å². The van der Waals surface area contributed by atoms with Crippen LogP contribution in [0.4, 0.5) is 5.69 Å². The normalized spacial score (nSPS) is 17.5. The van der Waals surface area contributed by atoms with E-state index in [0.717, 1.165) is 25.7 Å². The minimum absolute atomic E-state index is 0.0177. The number of carbonyl (C=O) groups is 1. The molecule has 4 rings (SSSR count). The van der Waals surface area contributed by atoms with E-state index in [4.69, 9.17) is 14.6 Å². The summed E-state index contributed by atoms with van der Waals surface area (Å²) in [6.07, 6.45) is 5.23. The monoisotopic (exact) mass is 402 g/mol. The van der Waals surface area contributed by atoms with Crippen LogP contribution < -0.4 is 19.9 Å². The van der Waals surface area contributed by atoms with Gasteiger partial charge in [0.2, 0.25) is 15.9 Å². The number of ether oxygens (including phenoxy) is 2. The van der Waals surface area contributed by atoms with Crippen molar-refractivity contribution in [3.63, 3.8) is 0 Å². The van der Waals surface area contributed by atoms with Crippen LogP contribution in [0.1, 0.15) is 37.7 Å². The van der Waals surface area contributed by atoms with Gasteiger partial charge in [-0.05, 0) is 42.7 Å². The van der Waals surface area contributed by atoms with Gasteiger partial charge in [-0.2, -0.15) is 0 Å². The Morgan fingerprint density at radius 3 is 2.36 bits per heavy atom. The number of amides is 1. The first-order valence-corrected chi connectivity index (χ1v) is 10.8. The molecule has 0 unspecified atom stereocenters. The van der Waals surface area contributed by atoms with Gasteiger partial charge in [-0.3, -0.25) is 4.79 Å². The smallest absolute Gasteiger partial charge is 0.251 e. The van der Waals surface area contributed by atoms with Crippen molar-refractivity contribution in [3.05, 3.63) is 48.0 Å². The Balaban J connectivity index is 1.40. The average Bonchev–Trinajstić information content (AvgIpc) is 2.98. The molecule has 1 aliphatic heterocycles. The predicted octanol–water partition coefficient (Wildman–Crippen LogP) is 2.95. The number of sulfonamides is 1. The highest BCUT2D eigenvalue weighted by atomic mass is 32.2. The van der Waals surface area contributed by atoms with Gasteiger partial charge in [-0.1, -0.05) is 18.6 Å². The molecule has 148 valence electrons. The SMILES string of the molecule is NS(=O)(=O)c1ccc(CC(=O)Nc2ccc3c(c2)OC2(CCCCC2)O3)cc1. The van der Waals surface area contributed by atoms with E-state index in [-0.39, 0.29) is 17.2 Å². The number of benzene rings is 2. The molecule has 1 spiro atoms. The summed E-state index contributed by atoms with van der Waals surface area (Å²) < 4.78 is 34.7. The number of primary sulfonamides is 1. The molecule has 1 saturated carbocycles. The van der Waals surface area contributed by atoms with Crippen LogP contribution in [-0.2, 0) is 21.2 Å². The molecule has 0 atom stereocenters. The highest BCUT2D eigenvalue weighted by Crippen LogP contribution is 2.46. The van der Waals surface area contributed by atoms with Crippen molar-refractivity contribution in [3.8, 4) is 11.5 Å². The minimum Gasteiger partial charge on any atom is -0.448 e. The molecule has 1 amide bonds. The third-order valence-corrected chi connectivity index (χ3v) is 5.98. The Morgan fingerprint density at radius 2 is 1.68 bits per heavy atom. The summed E-state index contributed by atoms with van der Waals surface area (Å²) in [5.41, 5.74) is 1.31. The molecule has 0 saturated heterocycles. The maximum absolute atomic E-state index is 12.3. The first-order chi connectivity index (χ1) is 13.3. The van der Waals surface area contributed by atoms with Crippen molar-refractivity contribution in [1.82, 2.24) is 0 Å². The van der Waals surface area contributed by atoms with Crippen molar-refractivity contribution in [2.75, 3.05) is 5.32 Å². The summed E-state index contributed by atoms with van der Waals surface area (Å²) in [4.78, 5) is 12.4. The molecule has 2 aromatic rings. The van der Waals surface area contributed by atoms with Gasteiger partial charge in [0.05, 0.1) is 11.3 Å². The summed E-state index contributed by atoms with van der Waals surface area (Å²) in [6.45, 7) is 0. The molecular weight excluding hydrogens is 380 g/mol. The lowest BCUT2D eigenvalue weighted by Crippen LogP contribution is -2.40. The van der Waals surface area contributed by atoms with Crippen molar-refractivity contribution in [2.24, 2.45) is 5.14 Å². The lowest BCUT2D eigenvalue weighted by atomic mass is 9.94. The number of anilines is 1. The third kappa shape index (κ3) is 3.98. The molecule has 0 radical (unpaired) electrons. The predicted molar refractivity (Wildman–Crippen MR) is 104 cm³/mol. The Morgan fingerprint density at radius 1 is 1.00 bits per heavy atom. The fourth-order valence-electron chi connectivity index (χ4n) is 3.65. The summed E-state index contributed by atoms with van der Waals surface area (Å²) in [5.74, 6) is 0.596. The molecule has 2 aromatic carbocycles. The lowest BCUT2D eigenvalue weighted by molar-refractivity contribution is -0.115. The van der Waals surface area contributed by atoms with E-state index in [9.17, 15) is 13.2 Å². The van der Waals surface area contributed by atoms with Gasteiger partial charge in [0, 0.05) is 24.6 Å². The van der Waals surface area contributed by atoms with E-state index in [1.54, 1.807) is 24.3 Å². The van der Waals surface area contributed by atoms with Crippen LogP contribution >= 0.6 is 0 Å². The van der Waals surface area contributed by atoms with E-state index >= 15 is 0 Å². The number of hydrogen-bond donors (Lipinski definition) is 2. The van der Waals surface area contributed by atoms with Gasteiger partial charge in [0.25, 0.3) is 5.79 Å². The third-order valence-electron chi connectivity index (χ3n) is 5.05. The zero-order valence-electron chi connectivity index (χ0n) is 15.3. The zero-order chi connectivity index (χ0) is 19.8. The maximum atomic E-state index is 12.3. The topological polar surface area (TPSA) is 108 Å². The molecular formula is C20H22N2O5S. The molecule has 3 N–H and O–H groups in total. The number of nitrogens with two attached hydrogens (primary N) is 1. The summed E-state index contributed by atoms with van der Waals surface area (Å²) in [5, 5.41) is 7.92. The maximum Gasteiger partial charge on any atom is 0.251 e. The number of hydrogen-bond acceptors (Lipinski definition) is 5. The molecule has 0 bridgehead atoms. The van der Waals surface area contributed by atoms with Crippen molar-refractivity contribution >= 4 is 21.6 Å². The molecule has 28 heavy (non-hydrogen) atoms. The molecule has 0 aromatic heterocycles. The van der Waals surface area contributed by atoms with Crippen LogP contribution in [0.5, 0.6) is 11.5 Å². The van der Waals surface area contributed by atoms with Crippen LogP contribution in [0, 0.1) is 0 Å². The summed E-state index contributed by atoms with van der Waals surface area (Å²) in [7, 11) is -3.74. The fourth-order valence-corrected chi connectivity index (χ4v) is 4.17. The Bertz CT molecular complexity index is 996. The molecule has 2 aliphatic rings.